The molecule has 1 fully saturated rings. The number of ether oxygens (including phenoxy) is 1. The van der Waals surface area contributed by atoms with Gasteiger partial charge >= 0.3 is 0 Å². The smallest absolute Gasteiger partial charge is 0.240 e. The van der Waals surface area contributed by atoms with E-state index in [9.17, 15) is 5.11 Å². The Morgan fingerprint density at radius 2 is 1.85 bits per heavy atom. The van der Waals surface area contributed by atoms with E-state index in [4.69, 9.17) is 32.9 Å². The van der Waals surface area contributed by atoms with Gasteiger partial charge in [0.2, 0.25) is 5.88 Å². The molecule has 1 aliphatic carbocycles. The second-order valence-electron chi connectivity index (χ2n) is 9.91. The first-order chi connectivity index (χ1) is 16.3. The molecule has 0 spiro atoms. The fraction of sp³-hybridized carbons (Fsp3) is 0.542. The summed E-state index contributed by atoms with van der Waals surface area (Å²) in [6.45, 7) is 9.61. The van der Waals surface area contributed by atoms with E-state index < -0.39 is 0 Å². The van der Waals surface area contributed by atoms with Crippen molar-refractivity contribution >= 4 is 45.7 Å². The maximum atomic E-state index is 10.9. The maximum absolute atomic E-state index is 10.9. The van der Waals surface area contributed by atoms with E-state index in [-0.39, 0.29) is 11.3 Å². The molecule has 3 aromatic rings. The van der Waals surface area contributed by atoms with Gasteiger partial charge in [0.05, 0.1) is 34.3 Å². The summed E-state index contributed by atoms with van der Waals surface area (Å²) in [4.78, 5) is 11.4. The summed E-state index contributed by atoms with van der Waals surface area (Å²) in [5.74, 6) is 0.761. The maximum Gasteiger partial charge on any atom is 0.240 e. The molecule has 1 saturated heterocycles. The third-order valence-corrected chi connectivity index (χ3v) is 7.40. The lowest BCUT2D eigenvalue weighted by Crippen LogP contribution is -2.37. The van der Waals surface area contributed by atoms with Crippen LogP contribution in [0, 0.1) is 5.41 Å². The van der Waals surface area contributed by atoms with Crippen molar-refractivity contribution in [1.82, 2.24) is 24.6 Å². The van der Waals surface area contributed by atoms with Gasteiger partial charge in [0.25, 0.3) is 0 Å². The number of aromatic hydroxyl groups is 1. The molecule has 10 heteroatoms. The van der Waals surface area contributed by atoms with Crippen LogP contribution in [0.5, 0.6) is 5.88 Å². The summed E-state index contributed by atoms with van der Waals surface area (Å²) >= 11 is 12.8. The lowest BCUT2D eigenvalue weighted by atomic mass is 9.74. The number of morpholine rings is 1. The molecule has 0 bridgehead atoms. The molecule has 34 heavy (non-hydrogen) atoms. The SMILES string of the molecule is CC1(C)CCc2c(Nc3c(Cl)cncc3Cl)nc3c(c(O)nn3CCCN3CCOCC3)c2C1. The molecular formula is C24H30Cl2N6O2. The van der Waals surface area contributed by atoms with E-state index in [0.29, 0.717) is 33.7 Å². The highest BCUT2D eigenvalue weighted by Gasteiger charge is 2.32. The van der Waals surface area contributed by atoms with Gasteiger partial charge in [-0.15, -0.1) is 5.10 Å². The molecule has 0 amide bonds. The van der Waals surface area contributed by atoms with Crippen LogP contribution < -0.4 is 5.32 Å². The number of aryl methyl sites for hydroxylation is 1. The number of aromatic nitrogens is 4. The summed E-state index contributed by atoms with van der Waals surface area (Å²) in [6.07, 6.45) is 6.73. The zero-order valence-corrected chi connectivity index (χ0v) is 21.1. The Bertz CT molecular complexity index is 1190. The van der Waals surface area contributed by atoms with Crippen LogP contribution in [0.2, 0.25) is 10.0 Å². The molecular weight excluding hydrogens is 475 g/mol. The van der Waals surface area contributed by atoms with Crippen molar-refractivity contribution in [2.75, 3.05) is 38.2 Å². The van der Waals surface area contributed by atoms with E-state index in [0.717, 1.165) is 75.0 Å². The van der Waals surface area contributed by atoms with Crippen molar-refractivity contribution in [3.05, 3.63) is 33.6 Å². The first-order valence-electron chi connectivity index (χ1n) is 11.8. The van der Waals surface area contributed by atoms with E-state index in [1.165, 1.54) is 0 Å². The molecule has 1 aliphatic heterocycles. The third-order valence-electron chi connectivity index (χ3n) is 6.83. The van der Waals surface area contributed by atoms with Gasteiger partial charge in [-0.25, -0.2) is 9.67 Å². The van der Waals surface area contributed by atoms with Crippen LogP contribution in [0.3, 0.4) is 0 Å². The quantitative estimate of drug-likeness (QED) is 0.497. The van der Waals surface area contributed by atoms with E-state index >= 15 is 0 Å². The minimum atomic E-state index is 0.0503. The lowest BCUT2D eigenvalue weighted by molar-refractivity contribution is 0.0368. The summed E-state index contributed by atoms with van der Waals surface area (Å²) in [7, 11) is 0. The van der Waals surface area contributed by atoms with Gasteiger partial charge in [-0.3, -0.25) is 9.88 Å². The van der Waals surface area contributed by atoms with E-state index in [1.807, 2.05) is 4.68 Å². The van der Waals surface area contributed by atoms with Gasteiger partial charge < -0.3 is 15.2 Å². The highest BCUT2D eigenvalue weighted by Crippen LogP contribution is 2.44. The molecule has 5 rings (SSSR count). The Balaban J connectivity index is 1.53. The largest absolute Gasteiger partial charge is 0.492 e. The van der Waals surface area contributed by atoms with Gasteiger partial charge in [0.1, 0.15) is 5.82 Å². The number of halogens is 2. The fourth-order valence-corrected chi connectivity index (χ4v) is 5.42. The average Bonchev–Trinajstić information content (AvgIpc) is 3.11. The van der Waals surface area contributed by atoms with Crippen molar-refractivity contribution in [3.63, 3.8) is 0 Å². The molecule has 0 radical (unpaired) electrons. The fourth-order valence-electron chi connectivity index (χ4n) is 4.96. The van der Waals surface area contributed by atoms with Gasteiger partial charge in [0, 0.05) is 38.6 Å². The molecule has 2 aliphatic rings. The number of rotatable bonds is 6. The highest BCUT2D eigenvalue weighted by molar-refractivity contribution is 6.39. The van der Waals surface area contributed by atoms with Crippen LogP contribution in [0.4, 0.5) is 11.5 Å². The van der Waals surface area contributed by atoms with E-state index in [2.05, 4.69) is 34.1 Å². The number of hydrogen-bond acceptors (Lipinski definition) is 7. The first kappa shape index (κ1) is 23.6. The highest BCUT2D eigenvalue weighted by atomic mass is 35.5. The average molecular weight is 505 g/mol. The molecule has 0 atom stereocenters. The monoisotopic (exact) mass is 504 g/mol. The Morgan fingerprint density at radius 3 is 2.59 bits per heavy atom. The third kappa shape index (κ3) is 4.69. The molecule has 2 N–H and O–H groups in total. The minimum absolute atomic E-state index is 0.0503. The topological polar surface area (TPSA) is 88.3 Å². The zero-order valence-electron chi connectivity index (χ0n) is 19.6. The summed E-state index contributed by atoms with van der Waals surface area (Å²) < 4.78 is 7.27. The van der Waals surface area contributed by atoms with Crippen molar-refractivity contribution < 1.29 is 9.84 Å². The number of anilines is 2. The number of nitrogens with zero attached hydrogens (tertiary/aromatic N) is 5. The first-order valence-corrected chi connectivity index (χ1v) is 12.6. The minimum Gasteiger partial charge on any atom is -0.492 e. The van der Waals surface area contributed by atoms with Gasteiger partial charge in [-0.2, -0.15) is 0 Å². The summed E-state index contributed by atoms with van der Waals surface area (Å²) in [5.41, 5.74) is 3.57. The van der Waals surface area contributed by atoms with Crippen LogP contribution in [-0.4, -0.2) is 62.6 Å². The summed E-state index contributed by atoms with van der Waals surface area (Å²) in [6, 6.07) is 0. The Kier molecular flexibility index (Phi) is 6.59. The molecule has 0 aromatic carbocycles. The van der Waals surface area contributed by atoms with Crippen LogP contribution in [-0.2, 0) is 24.1 Å². The van der Waals surface area contributed by atoms with Crippen molar-refractivity contribution in [3.8, 4) is 5.88 Å². The Labute approximate surface area is 209 Å². The van der Waals surface area contributed by atoms with Crippen LogP contribution in [0.25, 0.3) is 11.0 Å². The van der Waals surface area contributed by atoms with Crippen molar-refractivity contribution in [1.29, 1.82) is 0 Å². The molecule has 4 heterocycles. The molecule has 8 nitrogen and oxygen atoms in total. The molecule has 182 valence electrons. The lowest BCUT2D eigenvalue weighted by Gasteiger charge is -2.32. The molecule has 3 aromatic heterocycles. The standard InChI is InChI=1S/C24H30Cl2N6O2/c1-24(2)5-4-15-16(12-24)19-22(29-21(15)28-20-17(25)13-27-14-18(20)26)32(30-23(19)33)7-3-6-31-8-10-34-11-9-31/h13-14H,3-12H2,1-2H3,(H,30,33)(H,27,28,29). The second kappa shape index (κ2) is 9.49. The van der Waals surface area contributed by atoms with Crippen LogP contribution in [0.1, 0.15) is 37.8 Å². The predicted octanol–water partition coefficient (Wildman–Crippen LogP) is 4.82. The Morgan fingerprint density at radius 1 is 1.12 bits per heavy atom. The van der Waals surface area contributed by atoms with Gasteiger partial charge in [0.15, 0.2) is 5.65 Å². The number of pyridine rings is 2. The zero-order chi connectivity index (χ0) is 23.9. The second-order valence-corrected chi connectivity index (χ2v) is 10.7. The number of hydrogen-bond donors (Lipinski definition) is 2. The normalized spacial score (nSPS) is 18.2. The van der Waals surface area contributed by atoms with Crippen LogP contribution >= 0.6 is 23.2 Å². The molecule has 0 unspecified atom stereocenters. The van der Waals surface area contributed by atoms with Gasteiger partial charge in [-0.05, 0) is 42.2 Å². The number of fused-ring (bicyclic) bond motifs is 3. The van der Waals surface area contributed by atoms with Crippen LogP contribution in [0.15, 0.2) is 12.4 Å². The summed E-state index contributed by atoms with van der Waals surface area (Å²) in [5, 5.41) is 20.3. The Hall–Kier alpha value is -2.13. The van der Waals surface area contributed by atoms with Gasteiger partial charge in [-0.1, -0.05) is 37.0 Å². The van der Waals surface area contributed by atoms with E-state index in [1.54, 1.807) is 12.4 Å². The molecule has 0 saturated carbocycles. The van der Waals surface area contributed by atoms with Crippen molar-refractivity contribution in [2.45, 2.75) is 46.1 Å². The predicted molar refractivity (Wildman–Crippen MR) is 134 cm³/mol. The number of nitrogens with one attached hydrogen (secondary N) is 1. The van der Waals surface area contributed by atoms with Crippen molar-refractivity contribution in [2.24, 2.45) is 5.41 Å².